The molecule has 0 spiro atoms. The van der Waals surface area contributed by atoms with E-state index in [1.165, 1.54) is 10.3 Å². The number of nitrogens with zero attached hydrogens (tertiary/aromatic N) is 1. The molecule has 3 rings (SSSR count). The summed E-state index contributed by atoms with van der Waals surface area (Å²) in [6, 6.07) is 18.3. The van der Waals surface area contributed by atoms with Crippen molar-refractivity contribution in [1.29, 1.82) is 0 Å². The smallest absolute Gasteiger partial charge is 0.119 e. The van der Waals surface area contributed by atoms with Gasteiger partial charge in [0.2, 0.25) is 0 Å². The maximum absolute atomic E-state index is 5.25. The number of hydrogen-bond acceptors (Lipinski definition) is 3. The Morgan fingerprint density at radius 1 is 1.00 bits per heavy atom. The first kappa shape index (κ1) is 12.1. The molecule has 2 nitrogen and oxygen atoms in total. The van der Waals surface area contributed by atoms with Crippen LogP contribution in [0, 0.1) is 0 Å². The van der Waals surface area contributed by atoms with Gasteiger partial charge in [0.05, 0.1) is 12.6 Å². The zero-order valence-electron chi connectivity index (χ0n) is 10.5. The van der Waals surface area contributed by atoms with Crippen molar-refractivity contribution >= 4 is 22.7 Å². The van der Waals surface area contributed by atoms with Gasteiger partial charge < -0.3 is 4.74 Å². The van der Waals surface area contributed by atoms with Crippen LogP contribution in [0.15, 0.2) is 70.6 Å². The molecule has 1 heterocycles. The molecule has 0 saturated carbocycles. The van der Waals surface area contributed by atoms with E-state index < -0.39 is 0 Å². The summed E-state index contributed by atoms with van der Waals surface area (Å²) in [5.74, 6) is 0.878. The maximum atomic E-state index is 5.25. The predicted octanol–water partition coefficient (Wildman–Crippen LogP) is 4.39. The lowest BCUT2D eigenvalue weighted by molar-refractivity contribution is 0.413. The summed E-state index contributed by atoms with van der Waals surface area (Å²) in [6.45, 7) is 0. The van der Waals surface area contributed by atoms with Gasteiger partial charge in [-0.25, -0.2) is 0 Å². The molecule has 3 heteroatoms. The topological polar surface area (TPSA) is 22.1 Å². The highest BCUT2D eigenvalue weighted by atomic mass is 32.2. The Bertz CT molecular complexity index is 706. The van der Waals surface area contributed by atoms with E-state index >= 15 is 0 Å². The van der Waals surface area contributed by atoms with Gasteiger partial charge in [-0.15, -0.1) is 0 Å². The molecule has 94 valence electrons. The van der Waals surface area contributed by atoms with E-state index in [1.54, 1.807) is 18.9 Å². The van der Waals surface area contributed by atoms with Crippen LogP contribution in [0.2, 0.25) is 0 Å². The van der Waals surface area contributed by atoms with E-state index in [2.05, 4.69) is 17.1 Å². The summed E-state index contributed by atoms with van der Waals surface area (Å²) in [7, 11) is 1.69. The third-order valence-electron chi connectivity index (χ3n) is 2.88. The molecule has 0 N–H and O–H groups in total. The third kappa shape index (κ3) is 2.56. The highest BCUT2D eigenvalue weighted by Gasteiger charge is 2.04. The van der Waals surface area contributed by atoms with Crippen molar-refractivity contribution in [3.8, 4) is 5.75 Å². The van der Waals surface area contributed by atoms with E-state index in [1.807, 2.05) is 48.7 Å². The summed E-state index contributed by atoms with van der Waals surface area (Å²) in [4.78, 5) is 6.75. The van der Waals surface area contributed by atoms with Crippen molar-refractivity contribution in [3.05, 3.63) is 60.8 Å². The van der Waals surface area contributed by atoms with E-state index in [0.717, 1.165) is 16.2 Å². The Labute approximate surface area is 116 Å². The van der Waals surface area contributed by atoms with Gasteiger partial charge in [0.15, 0.2) is 0 Å². The first-order chi connectivity index (χ1) is 9.36. The normalized spacial score (nSPS) is 10.6. The monoisotopic (exact) mass is 267 g/mol. The van der Waals surface area contributed by atoms with Crippen LogP contribution in [0.5, 0.6) is 5.75 Å². The van der Waals surface area contributed by atoms with Gasteiger partial charge in [0.25, 0.3) is 0 Å². The van der Waals surface area contributed by atoms with Crippen LogP contribution >= 0.6 is 11.8 Å². The van der Waals surface area contributed by atoms with Crippen molar-refractivity contribution in [3.63, 3.8) is 0 Å². The maximum Gasteiger partial charge on any atom is 0.119 e. The fourth-order valence-corrected chi connectivity index (χ4v) is 2.94. The summed E-state index contributed by atoms with van der Waals surface area (Å²) >= 11 is 1.73. The molecule has 0 aliphatic carbocycles. The quantitative estimate of drug-likeness (QED) is 0.702. The number of methoxy groups -OCH3 is 1. The molecule has 0 unspecified atom stereocenters. The van der Waals surface area contributed by atoms with Gasteiger partial charge in [-0.3, -0.25) is 4.98 Å². The number of fused-ring (bicyclic) bond motifs is 1. The molecular weight excluding hydrogens is 254 g/mol. The molecule has 0 atom stereocenters. The molecule has 19 heavy (non-hydrogen) atoms. The number of rotatable bonds is 3. The van der Waals surface area contributed by atoms with Gasteiger partial charge in [-0.2, -0.15) is 0 Å². The number of ether oxygens (including phenoxy) is 1. The lowest BCUT2D eigenvalue weighted by Gasteiger charge is -2.07. The molecule has 0 saturated heterocycles. The zero-order valence-corrected chi connectivity index (χ0v) is 11.4. The second-order valence-corrected chi connectivity index (χ2v) is 5.22. The highest BCUT2D eigenvalue weighted by molar-refractivity contribution is 7.99. The standard InChI is InChI=1S/C16H13NOS/c1-18-12-5-4-6-13(11-12)19-16-9-10-17-15-8-3-2-7-14(15)16/h2-11H,1H3. The molecule has 3 aromatic rings. The molecule has 0 aliphatic heterocycles. The van der Waals surface area contributed by atoms with Crippen molar-refractivity contribution < 1.29 is 4.74 Å². The van der Waals surface area contributed by atoms with Gasteiger partial charge >= 0.3 is 0 Å². The van der Waals surface area contributed by atoms with E-state index in [-0.39, 0.29) is 0 Å². The van der Waals surface area contributed by atoms with Gasteiger partial charge in [-0.1, -0.05) is 36.0 Å². The van der Waals surface area contributed by atoms with Crippen molar-refractivity contribution in [2.24, 2.45) is 0 Å². The fraction of sp³-hybridized carbons (Fsp3) is 0.0625. The summed E-state index contributed by atoms with van der Waals surface area (Å²) in [5, 5.41) is 1.18. The average Bonchev–Trinajstić information content (AvgIpc) is 2.48. The first-order valence-electron chi connectivity index (χ1n) is 6.02. The summed E-state index contributed by atoms with van der Waals surface area (Å²) in [5.41, 5.74) is 1.02. The van der Waals surface area contributed by atoms with E-state index in [9.17, 15) is 0 Å². The molecular formula is C16H13NOS. The second-order valence-electron chi connectivity index (χ2n) is 4.11. The molecule has 1 aromatic heterocycles. The predicted molar refractivity (Wildman–Crippen MR) is 78.9 cm³/mol. The molecule has 0 aliphatic rings. The molecule has 0 radical (unpaired) electrons. The minimum Gasteiger partial charge on any atom is -0.497 e. The average molecular weight is 267 g/mol. The number of para-hydroxylation sites is 1. The molecule has 0 fully saturated rings. The third-order valence-corrected chi connectivity index (χ3v) is 3.94. The van der Waals surface area contributed by atoms with Crippen LogP contribution in [0.25, 0.3) is 10.9 Å². The van der Waals surface area contributed by atoms with Gasteiger partial charge in [-0.05, 0) is 30.3 Å². The van der Waals surface area contributed by atoms with Crippen LogP contribution in [-0.2, 0) is 0 Å². The highest BCUT2D eigenvalue weighted by Crippen LogP contribution is 2.33. The number of benzene rings is 2. The van der Waals surface area contributed by atoms with Crippen LogP contribution in [0.4, 0.5) is 0 Å². The van der Waals surface area contributed by atoms with E-state index in [4.69, 9.17) is 4.74 Å². The Kier molecular flexibility index (Phi) is 3.38. The van der Waals surface area contributed by atoms with Crippen molar-refractivity contribution in [2.75, 3.05) is 7.11 Å². The summed E-state index contributed by atoms with van der Waals surface area (Å²) in [6.07, 6.45) is 1.85. The lowest BCUT2D eigenvalue weighted by atomic mass is 10.2. The Balaban J connectivity index is 2.01. The van der Waals surface area contributed by atoms with Crippen LogP contribution in [0.1, 0.15) is 0 Å². The minimum atomic E-state index is 0.878. The Morgan fingerprint density at radius 3 is 2.79 bits per heavy atom. The summed E-state index contributed by atoms with van der Waals surface area (Å²) < 4.78 is 5.25. The zero-order chi connectivity index (χ0) is 13.1. The lowest BCUT2D eigenvalue weighted by Crippen LogP contribution is -1.84. The molecule has 2 aromatic carbocycles. The molecule has 0 amide bonds. The molecule has 0 bridgehead atoms. The van der Waals surface area contributed by atoms with Crippen LogP contribution in [0.3, 0.4) is 0 Å². The number of hydrogen-bond donors (Lipinski definition) is 0. The van der Waals surface area contributed by atoms with Gasteiger partial charge in [0.1, 0.15) is 5.75 Å². The second kappa shape index (κ2) is 5.33. The first-order valence-corrected chi connectivity index (χ1v) is 6.84. The van der Waals surface area contributed by atoms with Gasteiger partial charge in [0, 0.05) is 21.4 Å². The van der Waals surface area contributed by atoms with Crippen LogP contribution < -0.4 is 4.74 Å². The number of pyridine rings is 1. The largest absolute Gasteiger partial charge is 0.497 e. The Morgan fingerprint density at radius 2 is 1.89 bits per heavy atom. The number of aromatic nitrogens is 1. The SMILES string of the molecule is COc1cccc(Sc2ccnc3ccccc23)c1. The van der Waals surface area contributed by atoms with Crippen molar-refractivity contribution in [2.45, 2.75) is 9.79 Å². The fourth-order valence-electron chi connectivity index (χ4n) is 1.95. The van der Waals surface area contributed by atoms with Crippen LogP contribution in [-0.4, -0.2) is 12.1 Å². The van der Waals surface area contributed by atoms with Crippen molar-refractivity contribution in [1.82, 2.24) is 4.98 Å². The van der Waals surface area contributed by atoms with E-state index in [0.29, 0.717) is 0 Å². The Hall–Kier alpha value is -2.00. The minimum absolute atomic E-state index is 0.878.